The third-order valence-electron chi connectivity index (χ3n) is 4.70. The number of methoxy groups -OCH3 is 3. The minimum Gasteiger partial charge on any atom is -0.493 e. The standard InChI is InChI=1S/C23H23ClN2O6S/c1-30-20-11-15(12-21(31-2)22(20)32-3)14-25-23(27)16-7-6-8-17(13-16)33(28,29)26-19-10-5-4-9-18(19)24/h4-13,26H,14H2,1-3H3,(H,25,27). The van der Waals surface area contributed by atoms with Crippen LogP contribution in [-0.2, 0) is 16.6 Å². The number of ether oxygens (including phenoxy) is 3. The first-order chi connectivity index (χ1) is 15.8. The van der Waals surface area contributed by atoms with Crippen LogP contribution in [0.5, 0.6) is 17.2 Å². The molecule has 3 rings (SSSR count). The Hall–Kier alpha value is -3.43. The monoisotopic (exact) mass is 490 g/mol. The number of sulfonamides is 1. The molecule has 0 spiro atoms. The molecule has 0 radical (unpaired) electrons. The molecular formula is C23H23ClN2O6S. The average molecular weight is 491 g/mol. The van der Waals surface area contributed by atoms with Crippen molar-refractivity contribution in [3.8, 4) is 17.2 Å². The van der Waals surface area contributed by atoms with Gasteiger partial charge in [0.25, 0.3) is 15.9 Å². The Morgan fingerprint density at radius 2 is 1.58 bits per heavy atom. The van der Waals surface area contributed by atoms with Gasteiger partial charge in [-0.15, -0.1) is 0 Å². The summed E-state index contributed by atoms with van der Waals surface area (Å²) in [5.74, 6) is 0.914. The summed E-state index contributed by atoms with van der Waals surface area (Å²) >= 11 is 6.04. The molecule has 0 heterocycles. The fraction of sp³-hybridized carbons (Fsp3) is 0.174. The minimum absolute atomic E-state index is 0.0668. The summed E-state index contributed by atoms with van der Waals surface area (Å²) in [6, 6.07) is 15.6. The van der Waals surface area contributed by atoms with Crippen LogP contribution in [0, 0.1) is 0 Å². The number of para-hydroxylation sites is 1. The number of halogens is 1. The van der Waals surface area contributed by atoms with Gasteiger partial charge in [-0.2, -0.15) is 0 Å². The van der Waals surface area contributed by atoms with Crippen LogP contribution in [0.15, 0.2) is 65.6 Å². The minimum atomic E-state index is -3.95. The zero-order valence-corrected chi connectivity index (χ0v) is 19.8. The molecule has 0 aliphatic heterocycles. The topological polar surface area (TPSA) is 103 Å². The third-order valence-corrected chi connectivity index (χ3v) is 6.40. The second-order valence-electron chi connectivity index (χ2n) is 6.83. The summed E-state index contributed by atoms with van der Waals surface area (Å²) in [6.07, 6.45) is 0. The molecular weight excluding hydrogens is 468 g/mol. The molecule has 0 unspecified atom stereocenters. The highest BCUT2D eigenvalue weighted by Gasteiger charge is 2.18. The Morgan fingerprint density at radius 3 is 2.18 bits per heavy atom. The van der Waals surface area contributed by atoms with Gasteiger partial charge < -0.3 is 19.5 Å². The van der Waals surface area contributed by atoms with Gasteiger partial charge in [0.15, 0.2) is 11.5 Å². The van der Waals surface area contributed by atoms with Crippen molar-refractivity contribution in [3.05, 3.63) is 76.8 Å². The van der Waals surface area contributed by atoms with Crippen molar-refractivity contribution in [2.24, 2.45) is 0 Å². The molecule has 10 heteroatoms. The van der Waals surface area contributed by atoms with Crippen molar-refractivity contribution >= 4 is 33.2 Å². The normalized spacial score (nSPS) is 10.9. The first kappa shape index (κ1) is 24.2. The highest BCUT2D eigenvalue weighted by atomic mass is 35.5. The van der Waals surface area contributed by atoms with Crippen LogP contribution in [-0.4, -0.2) is 35.7 Å². The van der Waals surface area contributed by atoms with Crippen LogP contribution in [0.2, 0.25) is 5.02 Å². The zero-order valence-electron chi connectivity index (χ0n) is 18.2. The van der Waals surface area contributed by atoms with Crippen molar-refractivity contribution in [2.75, 3.05) is 26.1 Å². The van der Waals surface area contributed by atoms with E-state index in [1.165, 1.54) is 45.6 Å². The Bertz CT molecular complexity index is 1240. The molecule has 0 atom stereocenters. The van der Waals surface area contributed by atoms with Crippen LogP contribution < -0.4 is 24.2 Å². The lowest BCUT2D eigenvalue weighted by Gasteiger charge is -2.14. The van der Waals surface area contributed by atoms with Gasteiger partial charge in [0.1, 0.15) is 0 Å². The van der Waals surface area contributed by atoms with Crippen molar-refractivity contribution in [1.29, 1.82) is 0 Å². The van der Waals surface area contributed by atoms with Crippen LogP contribution in [0.25, 0.3) is 0 Å². The molecule has 0 aliphatic rings. The Balaban J connectivity index is 1.77. The fourth-order valence-electron chi connectivity index (χ4n) is 3.07. The first-order valence-electron chi connectivity index (χ1n) is 9.73. The maximum absolute atomic E-state index is 12.8. The Kier molecular flexibility index (Phi) is 7.67. The molecule has 8 nitrogen and oxygen atoms in total. The van der Waals surface area contributed by atoms with Crippen LogP contribution in [0.1, 0.15) is 15.9 Å². The molecule has 0 aromatic heterocycles. The predicted molar refractivity (Wildman–Crippen MR) is 126 cm³/mol. The van der Waals surface area contributed by atoms with Gasteiger partial charge in [0.05, 0.1) is 36.9 Å². The maximum atomic E-state index is 12.8. The number of rotatable bonds is 9. The number of nitrogens with one attached hydrogen (secondary N) is 2. The lowest BCUT2D eigenvalue weighted by atomic mass is 10.1. The maximum Gasteiger partial charge on any atom is 0.261 e. The largest absolute Gasteiger partial charge is 0.493 e. The lowest BCUT2D eigenvalue weighted by molar-refractivity contribution is 0.0950. The highest BCUT2D eigenvalue weighted by molar-refractivity contribution is 7.92. The molecule has 1 amide bonds. The predicted octanol–water partition coefficient (Wildman–Crippen LogP) is 4.10. The van der Waals surface area contributed by atoms with E-state index in [-0.39, 0.29) is 27.7 Å². The number of hydrogen-bond acceptors (Lipinski definition) is 6. The second kappa shape index (κ2) is 10.5. The van der Waals surface area contributed by atoms with E-state index >= 15 is 0 Å². The number of amides is 1. The summed E-state index contributed by atoms with van der Waals surface area (Å²) in [5.41, 5.74) is 1.14. The van der Waals surface area contributed by atoms with E-state index < -0.39 is 15.9 Å². The van der Waals surface area contributed by atoms with Crippen molar-refractivity contribution in [3.63, 3.8) is 0 Å². The quantitative estimate of drug-likeness (QED) is 0.468. The van der Waals surface area contributed by atoms with Gasteiger partial charge in [0.2, 0.25) is 5.75 Å². The van der Waals surface area contributed by atoms with Gasteiger partial charge in [0, 0.05) is 12.1 Å². The summed E-state index contributed by atoms with van der Waals surface area (Å²) in [5, 5.41) is 3.03. The van der Waals surface area contributed by atoms with E-state index in [0.29, 0.717) is 22.8 Å². The smallest absolute Gasteiger partial charge is 0.261 e. The summed E-state index contributed by atoms with van der Waals surface area (Å²) < 4.78 is 43.9. The SMILES string of the molecule is COc1cc(CNC(=O)c2cccc(S(=O)(=O)Nc3ccccc3Cl)c2)cc(OC)c1OC. The molecule has 0 bridgehead atoms. The lowest BCUT2D eigenvalue weighted by Crippen LogP contribution is -2.23. The number of carbonyl (C=O) groups is 1. The van der Waals surface area contributed by atoms with Gasteiger partial charge >= 0.3 is 0 Å². The summed E-state index contributed by atoms with van der Waals surface area (Å²) in [4.78, 5) is 12.6. The summed E-state index contributed by atoms with van der Waals surface area (Å²) in [6.45, 7) is 0.157. The molecule has 33 heavy (non-hydrogen) atoms. The molecule has 2 N–H and O–H groups in total. The van der Waals surface area contributed by atoms with Gasteiger partial charge in [-0.1, -0.05) is 29.8 Å². The van der Waals surface area contributed by atoms with Gasteiger partial charge in [-0.25, -0.2) is 8.42 Å². The van der Waals surface area contributed by atoms with Crippen LogP contribution >= 0.6 is 11.6 Å². The van der Waals surface area contributed by atoms with Crippen LogP contribution in [0.4, 0.5) is 5.69 Å². The van der Waals surface area contributed by atoms with Crippen molar-refractivity contribution < 1.29 is 27.4 Å². The second-order valence-corrected chi connectivity index (χ2v) is 8.92. The molecule has 0 saturated heterocycles. The summed E-state index contributed by atoms with van der Waals surface area (Å²) in [7, 11) is 0.562. The van der Waals surface area contributed by atoms with E-state index in [1.807, 2.05) is 0 Å². The van der Waals surface area contributed by atoms with Gasteiger partial charge in [-0.3, -0.25) is 9.52 Å². The first-order valence-corrected chi connectivity index (χ1v) is 11.6. The zero-order chi connectivity index (χ0) is 24.0. The Morgan fingerprint density at radius 1 is 0.909 bits per heavy atom. The van der Waals surface area contributed by atoms with Gasteiger partial charge in [-0.05, 0) is 48.0 Å². The van der Waals surface area contributed by atoms with Crippen molar-refractivity contribution in [2.45, 2.75) is 11.4 Å². The van der Waals surface area contributed by atoms with E-state index in [9.17, 15) is 13.2 Å². The molecule has 3 aromatic rings. The highest BCUT2D eigenvalue weighted by Crippen LogP contribution is 2.38. The molecule has 3 aromatic carbocycles. The molecule has 0 fully saturated rings. The molecule has 0 aliphatic carbocycles. The molecule has 0 saturated carbocycles. The molecule has 174 valence electrons. The van der Waals surface area contributed by atoms with E-state index in [4.69, 9.17) is 25.8 Å². The average Bonchev–Trinajstić information content (AvgIpc) is 2.83. The van der Waals surface area contributed by atoms with Crippen molar-refractivity contribution in [1.82, 2.24) is 5.32 Å². The third kappa shape index (κ3) is 5.68. The van der Waals surface area contributed by atoms with E-state index in [1.54, 1.807) is 36.4 Å². The van der Waals surface area contributed by atoms with Crippen LogP contribution in [0.3, 0.4) is 0 Å². The van der Waals surface area contributed by atoms with E-state index in [2.05, 4.69) is 10.0 Å². The van der Waals surface area contributed by atoms with E-state index in [0.717, 1.165) is 0 Å². The number of anilines is 1. The fourth-order valence-corrected chi connectivity index (χ4v) is 4.44. The number of benzene rings is 3. The Labute approximate surface area is 197 Å². The number of carbonyl (C=O) groups excluding carboxylic acids is 1. The number of hydrogen-bond donors (Lipinski definition) is 2.